The van der Waals surface area contributed by atoms with Crippen LogP contribution in [0.3, 0.4) is 0 Å². The maximum absolute atomic E-state index is 15.5. The molecule has 13 nitrogen and oxygen atoms in total. The van der Waals surface area contributed by atoms with Gasteiger partial charge in [-0.15, -0.1) is 21.5 Å². The Morgan fingerprint density at radius 3 is 2.38 bits per heavy atom. The van der Waals surface area contributed by atoms with Crippen molar-refractivity contribution < 1.29 is 27.5 Å². The molecule has 0 spiro atoms. The molecule has 0 radical (unpaired) electrons. The Kier molecular flexibility index (Phi) is 10.4. The van der Waals surface area contributed by atoms with Crippen molar-refractivity contribution in [1.29, 1.82) is 5.26 Å². The number of aromatic nitrogens is 4. The molecule has 0 saturated heterocycles. The molecule has 4 heterocycles. The van der Waals surface area contributed by atoms with Gasteiger partial charge in [0.25, 0.3) is 15.9 Å². The van der Waals surface area contributed by atoms with Crippen LogP contribution in [0.5, 0.6) is 0 Å². The Hall–Kier alpha value is -6.96. The minimum absolute atomic E-state index is 0.0402. The number of carbonyl (C=O) groups is 2. The largest absolute Gasteiger partial charge is 0.481 e. The van der Waals surface area contributed by atoms with E-state index in [0.29, 0.717) is 57.1 Å². The first-order valence-corrected chi connectivity index (χ1v) is 21.2. The number of hydrogen-bond acceptors (Lipinski definition) is 9. The lowest BCUT2D eigenvalue weighted by Crippen LogP contribution is -2.26. The molecule has 8 rings (SSSR count). The third-order valence-corrected chi connectivity index (χ3v) is 13.2. The van der Waals surface area contributed by atoms with Gasteiger partial charge in [-0.25, -0.2) is 12.8 Å². The number of nitrogens with one attached hydrogen (secondary N) is 3. The monoisotopic (exact) mass is 840 g/mol. The van der Waals surface area contributed by atoms with Gasteiger partial charge in [-0.1, -0.05) is 48.5 Å². The van der Waals surface area contributed by atoms with Gasteiger partial charge in [0.05, 0.1) is 39.4 Å². The number of sulfonamides is 1. The van der Waals surface area contributed by atoms with Crippen LogP contribution in [-0.4, -0.2) is 57.4 Å². The second-order valence-corrected chi connectivity index (χ2v) is 17.4. The summed E-state index contributed by atoms with van der Waals surface area (Å²) in [5.74, 6) is -1.18. The summed E-state index contributed by atoms with van der Waals surface area (Å²) in [7, 11) is -3.96. The zero-order valence-corrected chi connectivity index (χ0v) is 34.4. The van der Waals surface area contributed by atoms with E-state index in [1.165, 1.54) is 24.3 Å². The second-order valence-electron chi connectivity index (χ2n) is 14.5. The molecule has 0 aliphatic carbocycles. The Labute approximate surface area is 348 Å². The molecule has 0 bridgehead atoms. The number of amides is 1. The van der Waals surface area contributed by atoms with E-state index < -0.39 is 33.8 Å². The standard InChI is InChI=1S/C44H37FN8O5S2/c1-23-5-16-35(41-38(23)31(21-46)22-48-41)52-60(57,58)32-13-6-27(7-14-32)17-18-47-43(56)33-15-12-30(19-34(33)45)28-8-10-29(11-9-28)40-39-24(2)25(3)59-44(39)53-26(4)50-51-42(53)36(49-40)20-37(54)55/h5-16,19,22,36,48,52H,17-18,20H2,1-4H3,(H,47,56)(H,54,55)/t36-/m0/s1. The number of thiophene rings is 1. The van der Waals surface area contributed by atoms with Crippen LogP contribution in [-0.2, 0) is 21.2 Å². The SMILES string of the molecule is Cc1sc2c(c1C)C(c1ccc(-c3ccc(C(=O)NCCc4ccc(S(=O)(=O)Nc5ccc(C)c6c(C#N)c[nH]c56)cc4)c(F)c3)cc1)=N[C@@H](CC(=O)O)c1nnc(C)n1-2. The highest BCUT2D eigenvalue weighted by Gasteiger charge is 2.32. The molecule has 1 amide bonds. The highest BCUT2D eigenvalue weighted by atomic mass is 32.2. The number of fused-ring (bicyclic) bond motifs is 4. The number of hydrogen-bond donors (Lipinski definition) is 4. The third kappa shape index (κ3) is 7.33. The molecule has 1 aliphatic rings. The van der Waals surface area contributed by atoms with E-state index in [1.54, 1.807) is 47.9 Å². The summed E-state index contributed by atoms with van der Waals surface area (Å²) in [6.07, 6.45) is 1.66. The molecule has 1 aliphatic heterocycles. The van der Waals surface area contributed by atoms with Crippen LogP contribution >= 0.6 is 11.3 Å². The fourth-order valence-corrected chi connectivity index (χ4v) is 9.72. The number of nitriles is 1. The number of benzene rings is 4. The number of aromatic amines is 1. The number of aryl methyl sites for hydroxylation is 3. The Bertz CT molecular complexity index is 3050. The topological polar surface area (TPSA) is 195 Å². The number of anilines is 1. The Morgan fingerprint density at radius 1 is 0.967 bits per heavy atom. The molecule has 3 aromatic heterocycles. The number of carboxylic acids is 1. The molecule has 4 aromatic carbocycles. The number of H-pyrrole nitrogens is 1. The summed E-state index contributed by atoms with van der Waals surface area (Å²) in [5.41, 5.74) is 7.32. The number of halogens is 1. The zero-order valence-electron chi connectivity index (χ0n) is 32.8. The van der Waals surface area contributed by atoms with Crippen molar-refractivity contribution in [3.8, 4) is 22.2 Å². The van der Waals surface area contributed by atoms with Crippen LogP contribution in [0.25, 0.3) is 27.0 Å². The molecule has 1 atom stereocenters. The van der Waals surface area contributed by atoms with Crippen LogP contribution in [0, 0.1) is 44.8 Å². The number of rotatable bonds is 11. The summed E-state index contributed by atoms with van der Waals surface area (Å²) in [6, 6.07) is 22.8. The highest BCUT2D eigenvalue weighted by Crippen LogP contribution is 2.40. The smallest absolute Gasteiger partial charge is 0.306 e. The van der Waals surface area contributed by atoms with Crippen molar-refractivity contribution >= 4 is 55.5 Å². The number of carboxylic acid groups (broad SMARTS) is 1. The van der Waals surface area contributed by atoms with Crippen molar-refractivity contribution in [2.75, 3.05) is 11.3 Å². The molecular formula is C44H37FN8O5S2. The summed E-state index contributed by atoms with van der Waals surface area (Å²) in [4.78, 5) is 34.0. The van der Waals surface area contributed by atoms with E-state index in [0.717, 1.165) is 37.7 Å². The van der Waals surface area contributed by atoms with E-state index >= 15 is 4.39 Å². The van der Waals surface area contributed by atoms with Gasteiger partial charge in [-0.05, 0) is 92.3 Å². The van der Waals surface area contributed by atoms with Crippen molar-refractivity contribution in [1.82, 2.24) is 25.1 Å². The van der Waals surface area contributed by atoms with E-state index in [9.17, 15) is 28.4 Å². The van der Waals surface area contributed by atoms with Gasteiger partial charge in [0.2, 0.25) is 0 Å². The molecule has 0 fully saturated rings. The van der Waals surface area contributed by atoms with Crippen LogP contribution in [0.1, 0.15) is 72.7 Å². The minimum atomic E-state index is -3.96. The highest BCUT2D eigenvalue weighted by molar-refractivity contribution is 7.92. The van der Waals surface area contributed by atoms with Crippen molar-refractivity contribution in [3.63, 3.8) is 0 Å². The maximum atomic E-state index is 15.5. The van der Waals surface area contributed by atoms with Crippen molar-refractivity contribution in [2.45, 2.75) is 51.5 Å². The summed E-state index contributed by atoms with van der Waals surface area (Å²) in [6.45, 7) is 7.90. The van der Waals surface area contributed by atoms with Gasteiger partial charge >= 0.3 is 5.97 Å². The third-order valence-electron chi connectivity index (χ3n) is 10.7. The van der Waals surface area contributed by atoms with E-state index in [2.05, 4.69) is 31.3 Å². The second kappa shape index (κ2) is 15.7. The molecule has 16 heteroatoms. The van der Waals surface area contributed by atoms with Gasteiger partial charge < -0.3 is 15.4 Å². The van der Waals surface area contributed by atoms with Crippen LogP contribution in [0.15, 0.2) is 94.9 Å². The summed E-state index contributed by atoms with van der Waals surface area (Å²) < 4.78 is 46.4. The first-order valence-electron chi connectivity index (χ1n) is 18.9. The van der Waals surface area contributed by atoms with E-state index in [4.69, 9.17) is 4.99 Å². The van der Waals surface area contributed by atoms with Gasteiger partial charge in [-0.2, -0.15) is 5.26 Å². The minimum Gasteiger partial charge on any atom is -0.481 e. The zero-order chi connectivity index (χ0) is 42.5. The molecule has 0 saturated carbocycles. The predicted octanol–water partition coefficient (Wildman–Crippen LogP) is 7.86. The number of aliphatic carboxylic acids is 1. The van der Waals surface area contributed by atoms with Crippen LogP contribution in [0.4, 0.5) is 10.1 Å². The lowest BCUT2D eigenvalue weighted by Gasteiger charge is -2.12. The molecule has 60 heavy (non-hydrogen) atoms. The molecular weight excluding hydrogens is 804 g/mol. The number of nitrogens with zero attached hydrogens (tertiary/aromatic N) is 5. The lowest BCUT2D eigenvalue weighted by molar-refractivity contribution is -0.137. The van der Waals surface area contributed by atoms with E-state index in [-0.39, 0.29) is 23.4 Å². The van der Waals surface area contributed by atoms with E-state index in [1.807, 2.05) is 56.5 Å². The average Bonchev–Trinajstić information content (AvgIpc) is 3.90. The molecule has 0 unspecified atom stereocenters. The molecule has 4 N–H and O–H groups in total. The summed E-state index contributed by atoms with van der Waals surface area (Å²) >= 11 is 1.57. The van der Waals surface area contributed by atoms with Crippen LogP contribution in [0.2, 0.25) is 0 Å². The number of aliphatic imine (C=N–C) groups is 1. The van der Waals surface area contributed by atoms with Crippen molar-refractivity contribution in [2.24, 2.45) is 4.99 Å². The van der Waals surface area contributed by atoms with Gasteiger partial charge in [-0.3, -0.25) is 23.9 Å². The first kappa shape index (κ1) is 39.8. The van der Waals surface area contributed by atoms with Gasteiger partial charge in [0.15, 0.2) is 5.82 Å². The number of carbonyl (C=O) groups excluding carboxylic acids is 1. The molecule has 7 aromatic rings. The quantitative estimate of drug-likeness (QED) is 0.101. The average molecular weight is 841 g/mol. The lowest BCUT2D eigenvalue weighted by atomic mass is 9.96. The summed E-state index contributed by atoms with van der Waals surface area (Å²) in [5, 5.41) is 32.0. The Morgan fingerprint density at radius 2 is 1.68 bits per heavy atom. The maximum Gasteiger partial charge on any atom is 0.306 e. The van der Waals surface area contributed by atoms with Crippen molar-refractivity contribution in [3.05, 3.63) is 146 Å². The fourth-order valence-electron chi connectivity index (χ4n) is 7.44. The van der Waals surface area contributed by atoms with Crippen LogP contribution < -0.4 is 10.0 Å². The predicted molar refractivity (Wildman–Crippen MR) is 227 cm³/mol. The molecule has 302 valence electrons. The Balaban J connectivity index is 0.929. The van der Waals surface area contributed by atoms with Gasteiger partial charge in [0, 0.05) is 34.1 Å². The normalized spacial score (nSPS) is 13.5. The van der Waals surface area contributed by atoms with Gasteiger partial charge in [0.1, 0.15) is 28.8 Å². The first-order chi connectivity index (χ1) is 28.7. The fraction of sp³-hybridized carbons (Fsp3) is 0.182.